The van der Waals surface area contributed by atoms with Crippen LogP contribution in [0, 0.1) is 0 Å². The molecule has 0 spiro atoms. The number of amides is 4. The Kier molecular flexibility index (Phi) is 12.4. The van der Waals surface area contributed by atoms with E-state index in [0.717, 1.165) is 0 Å². The Bertz CT molecular complexity index is 1040. The molecule has 0 aliphatic carbocycles. The molecule has 0 aliphatic rings. The van der Waals surface area contributed by atoms with Gasteiger partial charge in [0.05, 0.1) is 25.7 Å². The first-order chi connectivity index (χ1) is 18.2. The molecular formula is C22H34N10O6. The van der Waals surface area contributed by atoms with Gasteiger partial charge in [-0.2, -0.15) is 0 Å². The minimum Gasteiger partial charge on any atom is -0.480 e. The third-order valence-electron chi connectivity index (χ3n) is 5.47. The van der Waals surface area contributed by atoms with Gasteiger partial charge in [-0.25, -0.2) is 14.8 Å². The smallest absolute Gasteiger partial charge is 0.326 e. The normalized spacial score (nSPS) is 13.1. The van der Waals surface area contributed by atoms with Crippen molar-refractivity contribution in [3.05, 3.63) is 36.4 Å². The average Bonchev–Trinajstić information content (AvgIpc) is 3.61. The number of nitrogens with two attached hydrogens (primary N) is 2. The zero-order valence-electron chi connectivity index (χ0n) is 20.7. The van der Waals surface area contributed by atoms with Crippen LogP contribution in [0.2, 0.25) is 0 Å². The van der Waals surface area contributed by atoms with Gasteiger partial charge in [-0.1, -0.05) is 0 Å². The summed E-state index contributed by atoms with van der Waals surface area (Å²) in [4.78, 5) is 74.0. The Balaban J connectivity index is 1.84. The number of aromatic nitrogens is 4. The lowest BCUT2D eigenvalue weighted by Crippen LogP contribution is -2.53. The Morgan fingerprint density at radius 1 is 0.789 bits per heavy atom. The summed E-state index contributed by atoms with van der Waals surface area (Å²) in [5.74, 6) is -3.41. The Hall–Kier alpha value is -4.31. The van der Waals surface area contributed by atoms with E-state index in [1.807, 2.05) is 0 Å². The minimum absolute atomic E-state index is 0.0658. The largest absolute Gasteiger partial charge is 0.480 e. The second-order valence-corrected chi connectivity index (χ2v) is 8.40. The SMILES string of the molecule is NCC(=O)NC(Cc1cnc[nH]1)C(=O)NCCCCC(NC(=O)C(Cc1cnc[nH]1)NC(=O)CN)C(=O)O. The van der Waals surface area contributed by atoms with Gasteiger partial charge in [0, 0.05) is 43.2 Å². The number of carbonyl (C=O) groups is 5. The van der Waals surface area contributed by atoms with Gasteiger partial charge in [-0.3, -0.25) is 19.2 Å². The van der Waals surface area contributed by atoms with Crippen LogP contribution in [-0.4, -0.2) is 92.4 Å². The van der Waals surface area contributed by atoms with E-state index in [-0.39, 0.29) is 38.9 Å². The quantitative estimate of drug-likeness (QED) is 0.0911. The van der Waals surface area contributed by atoms with Gasteiger partial charge in [-0.05, 0) is 19.3 Å². The number of nitrogens with one attached hydrogen (secondary N) is 6. The molecule has 2 heterocycles. The molecule has 16 nitrogen and oxygen atoms in total. The third-order valence-corrected chi connectivity index (χ3v) is 5.47. The second-order valence-electron chi connectivity index (χ2n) is 8.40. The summed E-state index contributed by atoms with van der Waals surface area (Å²) in [6.07, 6.45) is 7.00. The number of imidazole rings is 2. The van der Waals surface area contributed by atoms with Crippen molar-refractivity contribution in [2.75, 3.05) is 19.6 Å². The van der Waals surface area contributed by atoms with Crippen LogP contribution < -0.4 is 32.7 Å². The van der Waals surface area contributed by atoms with E-state index in [1.54, 1.807) is 0 Å². The molecule has 2 aromatic heterocycles. The van der Waals surface area contributed by atoms with Crippen LogP contribution in [-0.2, 0) is 36.8 Å². The summed E-state index contributed by atoms with van der Waals surface area (Å²) in [6.45, 7) is -0.390. The molecule has 0 aliphatic heterocycles. The Morgan fingerprint density at radius 2 is 1.32 bits per heavy atom. The van der Waals surface area contributed by atoms with Crippen LogP contribution in [0.3, 0.4) is 0 Å². The first kappa shape index (κ1) is 29.9. The zero-order chi connectivity index (χ0) is 27.9. The number of unbranched alkanes of at least 4 members (excludes halogenated alkanes) is 1. The molecular weight excluding hydrogens is 500 g/mol. The van der Waals surface area contributed by atoms with E-state index in [4.69, 9.17) is 11.5 Å². The monoisotopic (exact) mass is 534 g/mol. The van der Waals surface area contributed by atoms with Crippen LogP contribution in [0.5, 0.6) is 0 Å². The zero-order valence-corrected chi connectivity index (χ0v) is 20.7. The number of carboxylic acid groups (broad SMARTS) is 1. The fourth-order valence-corrected chi connectivity index (χ4v) is 3.50. The Morgan fingerprint density at radius 3 is 1.76 bits per heavy atom. The lowest BCUT2D eigenvalue weighted by atomic mass is 10.1. The molecule has 16 heteroatoms. The van der Waals surface area contributed by atoms with Crippen LogP contribution in [0.25, 0.3) is 0 Å². The van der Waals surface area contributed by atoms with Crippen LogP contribution in [0.4, 0.5) is 0 Å². The van der Waals surface area contributed by atoms with E-state index in [2.05, 4.69) is 41.2 Å². The molecule has 4 amide bonds. The highest BCUT2D eigenvalue weighted by Crippen LogP contribution is 2.05. The maximum atomic E-state index is 12.8. The van der Waals surface area contributed by atoms with Gasteiger partial charge in [0.15, 0.2) is 0 Å². The molecule has 3 atom stereocenters. The van der Waals surface area contributed by atoms with E-state index < -0.39 is 47.7 Å². The van der Waals surface area contributed by atoms with Crippen molar-refractivity contribution >= 4 is 29.6 Å². The van der Waals surface area contributed by atoms with Crippen LogP contribution in [0.15, 0.2) is 25.0 Å². The molecule has 38 heavy (non-hydrogen) atoms. The summed E-state index contributed by atoms with van der Waals surface area (Å²) < 4.78 is 0. The second kappa shape index (κ2) is 15.7. The van der Waals surface area contributed by atoms with E-state index in [9.17, 15) is 29.1 Å². The predicted octanol–water partition coefficient (Wildman–Crippen LogP) is -3.34. The molecule has 0 aromatic carbocycles. The van der Waals surface area contributed by atoms with Gasteiger partial charge in [0.2, 0.25) is 23.6 Å². The van der Waals surface area contributed by atoms with Crippen molar-refractivity contribution in [1.29, 1.82) is 0 Å². The topological polar surface area (TPSA) is 263 Å². The molecule has 11 N–H and O–H groups in total. The molecule has 2 aromatic rings. The van der Waals surface area contributed by atoms with Crippen molar-refractivity contribution in [2.24, 2.45) is 11.5 Å². The van der Waals surface area contributed by atoms with Gasteiger partial charge in [0.1, 0.15) is 18.1 Å². The summed E-state index contributed by atoms with van der Waals surface area (Å²) in [7, 11) is 0. The Labute approximate surface area is 218 Å². The molecule has 3 unspecified atom stereocenters. The number of carboxylic acids is 1. The maximum Gasteiger partial charge on any atom is 0.326 e. The van der Waals surface area contributed by atoms with Gasteiger partial charge in [0.25, 0.3) is 0 Å². The first-order valence-corrected chi connectivity index (χ1v) is 12.0. The van der Waals surface area contributed by atoms with Gasteiger partial charge in [-0.15, -0.1) is 0 Å². The van der Waals surface area contributed by atoms with Crippen molar-refractivity contribution in [3.63, 3.8) is 0 Å². The lowest BCUT2D eigenvalue weighted by Gasteiger charge is -2.21. The number of carbonyl (C=O) groups excluding carboxylic acids is 4. The molecule has 0 fully saturated rings. The standard InChI is InChI=1S/C22H34N10O6/c23-7-18(33)30-16(5-13-9-25-11-28-13)20(35)27-4-2-1-3-15(22(37)38)32-21(36)17(31-19(34)8-24)6-14-10-26-12-29-14/h9-12,15-17H,1-8,23-24H2,(H,25,28)(H,26,29)(H,27,35)(H,30,33)(H,31,34)(H,32,36)(H,37,38). The summed E-state index contributed by atoms with van der Waals surface area (Å²) in [5, 5.41) is 19.7. The number of aromatic amines is 2. The predicted molar refractivity (Wildman–Crippen MR) is 133 cm³/mol. The molecule has 0 saturated heterocycles. The highest BCUT2D eigenvalue weighted by Gasteiger charge is 2.27. The number of hydrogen-bond acceptors (Lipinski definition) is 9. The molecule has 0 saturated carbocycles. The van der Waals surface area contributed by atoms with E-state index >= 15 is 0 Å². The number of aliphatic carboxylic acids is 1. The molecule has 208 valence electrons. The molecule has 2 rings (SSSR count). The summed E-state index contributed by atoms with van der Waals surface area (Å²) >= 11 is 0. The average molecular weight is 535 g/mol. The maximum absolute atomic E-state index is 12.8. The number of rotatable bonds is 17. The van der Waals surface area contributed by atoms with Crippen molar-refractivity contribution < 1.29 is 29.1 Å². The molecule has 0 bridgehead atoms. The van der Waals surface area contributed by atoms with Crippen molar-refractivity contribution in [1.82, 2.24) is 41.2 Å². The van der Waals surface area contributed by atoms with E-state index in [0.29, 0.717) is 24.2 Å². The van der Waals surface area contributed by atoms with E-state index in [1.165, 1.54) is 25.0 Å². The van der Waals surface area contributed by atoms with Crippen molar-refractivity contribution in [2.45, 2.75) is 50.2 Å². The molecule has 0 radical (unpaired) electrons. The minimum atomic E-state index is -1.24. The fourth-order valence-electron chi connectivity index (χ4n) is 3.50. The summed E-state index contributed by atoms with van der Waals surface area (Å²) in [6, 6.07) is -3.13. The van der Waals surface area contributed by atoms with Crippen molar-refractivity contribution in [3.8, 4) is 0 Å². The summed E-state index contributed by atoms with van der Waals surface area (Å²) in [5.41, 5.74) is 11.9. The van der Waals surface area contributed by atoms with Gasteiger partial charge < -0.3 is 47.8 Å². The van der Waals surface area contributed by atoms with Crippen LogP contribution in [0.1, 0.15) is 30.7 Å². The fraction of sp³-hybridized carbons (Fsp3) is 0.500. The highest BCUT2D eigenvalue weighted by atomic mass is 16.4. The lowest BCUT2D eigenvalue weighted by molar-refractivity contribution is -0.142. The number of hydrogen-bond donors (Lipinski definition) is 9. The number of H-pyrrole nitrogens is 2. The van der Waals surface area contributed by atoms with Crippen LogP contribution >= 0.6 is 0 Å². The number of nitrogens with zero attached hydrogens (tertiary/aromatic N) is 2. The highest BCUT2D eigenvalue weighted by molar-refractivity contribution is 5.91. The van der Waals surface area contributed by atoms with Gasteiger partial charge >= 0.3 is 5.97 Å². The first-order valence-electron chi connectivity index (χ1n) is 12.0. The third kappa shape index (κ3) is 10.4.